The van der Waals surface area contributed by atoms with Gasteiger partial charge in [-0.2, -0.15) is 0 Å². The average molecular weight is 319 g/mol. The highest BCUT2D eigenvalue weighted by atomic mass is 79.9. The highest BCUT2D eigenvalue weighted by Crippen LogP contribution is 2.22. The Labute approximate surface area is 121 Å². The van der Waals surface area contributed by atoms with Crippen molar-refractivity contribution >= 4 is 33.7 Å². The molecule has 0 N–H and O–H groups in total. The Morgan fingerprint density at radius 1 is 1.05 bits per heavy atom. The summed E-state index contributed by atoms with van der Waals surface area (Å²) in [5.41, 5.74) is 0.919. The first-order chi connectivity index (χ1) is 9.31. The Morgan fingerprint density at radius 3 is 2.53 bits per heavy atom. The molecule has 0 saturated carbocycles. The number of rotatable bonds is 3. The molecule has 1 aromatic carbocycles. The summed E-state index contributed by atoms with van der Waals surface area (Å²) in [6, 6.07) is 11.9. The molecule has 0 aliphatic carbocycles. The number of aliphatic imine (C=N–C) groups is 1. The molecule has 19 heavy (non-hydrogen) atoms. The summed E-state index contributed by atoms with van der Waals surface area (Å²) in [4.78, 5) is 6.67. The van der Waals surface area contributed by atoms with E-state index in [9.17, 15) is 0 Å². The summed E-state index contributed by atoms with van der Waals surface area (Å²) in [6.45, 7) is 2.19. The van der Waals surface area contributed by atoms with Crippen molar-refractivity contribution in [2.75, 3.05) is 18.0 Å². The van der Waals surface area contributed by atoms with Gasteiger partial charge in [-0.1, -0.05) is 15.9 Å². The van der Waals surface area contributed by atoms with E-state index in [4.69, 9.17) is 4.42 Å². The van der Waals surface area contributed by atoms with E-state index in [0.29, 0.717) is 0 Å². The molecule has 0 spiro atoms. The molecule has 0 unspecified atom stereocenters. The maximum atomic E-state index is 5.78. The molecule has 0 radical (unpaired) electrons. The summed E-state index contributed by atoms with van der Waals surface area (Å²) in [7, 11) is 0. The zero-order valence-electron chi connectivity index (χ0n) is 10.6. The van der Waals surface area contributed by atoms with Crippen LogP contribution in [0.2, 0.25) is 0 Å². The van der Waals surface area contributed by atoms with E-state index in [1.807, 2.05) is 36.4 Å². The van der Waals surface area contributed by atoms with E-state index in [0.717, 1.165) is 34.9 Å². The number of nitrogens with zero attached hydrogens (tertiary/aromatic N) is 2. The lowest BCUT2D eigenvalue weighted by atomic mass is 10.3. The molecule has 1 saturated heterocycles. The molecular formula is C15H15BrN2O. The van der Waals surface area contributed by atoms with Gasteiger partial charge in [0.15, 0.2) is 5.88 Å². The van der Waals surface area contributed by atoms with Gasteiger partial charge in [-0.25, -0.2) is 0 Å². The minimum Gasteiger partial charge on any atom is -0.440 e. The van der Waals surface area contributed by atoms with Gasteiger partial charge in [-0.3, -0.25) is 4.99 Å². The third-order valence-electron chi connectivity index (χ3n) is 3.20. The molecule has 0 bridgehead atoms. The lowest BCUT2D eigenvalue weighted by molar-refractivity contribution is 0.550. The summed E-state index contributed by atoms with van der Waals surface area (Å²) < 4.78 is 6.84. The van der Waals surface area contributed by atoms with Crippen molar-refractivity contribution in [1.29, 1.82) is 0 Å². The van der Waals surface area contributed by atoms with Crippen LogP contribution < -0.4 is 4.90 Å². The van der Waals surface area contributed by atoms with Crippen molar-refractivity contribution in [2.24, 2.45) is 4.99 Å². The second kappa shape index (κ2) is 5.61. The van der Waals surface area contributed by atoms with E-state index < -0.39 is 0 Å². The van der Waals surface area contributed by atoms with E-state index in [2.05, 4.69) is 25.8 Å². The lowest BCUT2D eigenvalue weighted by Crippen LogP contribution is -2.16. The van der Waals surface area contributed by atoms with Gasteiger partial charge in [0.25, 0.3) is 0 Å². The Morgan fingerprint density at radius 2 is 1.79 bits per heavy atom. The number of hydrogen-bond acceptors (Lipinski definition) is 3. The summed E-state index contributed by atoms with van der Waals surface area (Å²) >= 11 is 3.41. The number of furan rings is 1. The molecule has 2 aromatic rings. The molecule has 4 heteroatoms. The van der Waals surface area contributed by atoms with Crippen LogP contribution in [0.1, 0.15) is 18.6 Å². The van der Waals surface area contributed by atoms with Crippen LogP contribution >= 0.6 is 15.9 Å². The molecular weight excluding hydrogens is 304 g/mol. The fourth-order valence-electron chi connectivity index (χ4n) is 2.18. The van der Waals surface area contributed by atoms with Crippen molar-refractivity contribution < 1.29 is 4.42 Å². The van der Waals surface area contributed by atoms with Gasteiger partial charge in [0.2, 0.25) is 0 Å². The molecule has 1 aliphatic heterocycles. The number of halogens is 1. The van der Waals surface area contributed by atoms with E-state index in [1.165, 1.54) is 12.8 Å². The normalized spacial score (nSPS) is 15.5. The fraction of sp³-hybridized carbons (Fsp3) is 0.267. The highest BCUT2D eigenvalue weighted by molar-refractivity contribution is 9.10. The van der Waals surface area contributed by atoms with Crippen molar-refractivity contribution in [3.63, 3.8) is 0 Å². The van der Waals surface area contributed by atoms with Crippen LogP contribution in [0, 0.1) is 0 Å². The summed E-state index contributed by atoms with van der Waals surface area (Å²) in [5.74, 6) is 1.75. The molecule has 3 nitrogen and oxygen atoms in total. The van der Waals surface area contributed by atoms with Gasteiger partial charge in [0.05, 0.1) is 11.9 Å². The van der Waals surface area contributed by atoms with E-state index in [-0.39, 0.29) is 0 Å². The van der Waals surface area contributed by atoms with Crippen LogP contribution in [0.15, 0.2) is 50.3 Å². The predicted octanol–water partition coefficient (Wildman–Crippen LogP) is 4.39. The topological polar surface area (TPSA) is 28.7 Å². The highest BCUT2D eigenvalue weighted by Gasteiger charge is 2.14. The minimum absolute atomic E-state index is 0.796. The Bertz CT molecular complexity index is 568. The first-order valence-corrected chi connectivity index (χ1v) is 7.25. The summed E-state index contributed by atoms with van der Waals surface area (Å²) in [6.07, 6.45) is 4.27. The molecule has 1 aliphatic rings. The maximum absolute atomic E-state index is 5.78. The monoisotopic (exact) mass is 318 g/mol. The standard InChI is InChI=1S/C15H15BrN2O/c16-12-3-5-13(6-4-12)17-11-14-7-8-15(19-14)18-9-1-2-10-18/h3-8,11H,1-2,9-10H2. The number of benzene rings is 1. The third-order valence-corrected chi connectivity index (χ3v) is 3.73. The Kier molecular flexibility index (Phi) is 3.69. The molecule has 0 atom stereocenters. The minimum atomic E-state index is 0.796. The number of hydrogen-bond donors (Lipinski definition) is 0. The van der Waals surface area contributed by atoms with Gasteiger partial charge >= 0.3 is 0 Å². The molecule has 3 rings (SSSR count). The average Bonchev–Trinajstić information content (AvgIpc) is 3.09. The van der Waals surface area contributed by atoms with Crippen LogP contribution in [-0.2, 0) is 0 Å². The fourth-order valence-corrected chi connectivity index (χ4v) is 2.45. The van der Waals surface area contributed by atoms with Gasteiger partial charge in [0, 0.05) is 23.6 Å². The van der Waals surface area contributed by atoms with Crippen LogP contribution in [0.5, 0.6) is 0 Å². The summed E-state index contributed by atoms with van der Waals surface area (Å²) in [5, 5.41) is 0. The van der Waals surface area contributed by atoms with Crippen molar-refractivity contribution in [2.45, 2.75) is 12.8 Å². The zero-order valence-corrected chi connectivity index (χ0v) is 12.1. The largest absolute Gasteiger partial charge is 0.440 e. The first-order valence-electron chi connectivity index (χ1n) is 6.46. The Hall–Kier alpha value is -1.55. The predicted molar refractivity (Wildman–Crippen MR) is 81.6 cm³/mol. The van der Waals surface area contributed by atoms with Gasteiger partial charge < -0.3 is 9.32 Å². The molecule has 2 heterocycles. The molecule has 0 amide bonds. The van der Waals surface area contributed by atoms with Crippen LogP contribution in [0.25, 0.3) is 0 Å². The van der Waals surface area contributed by atoms with E-state index >= 15 is 0 Å². The number of anilines is 1. The van der Waals surface area contributed by atoms with Gasteiger partial charge in [-0.15, -0.1) is 0 Å². The zero-order chi connectivity index (χ0) is 13.1. The SMILES string of the molecule is Brc1ccc(N=Cc2ccc(N3CCCC3)o2)cc1. The first kappa shape index (κ1) is 12.5. The second-order valence-corrected chi connectivity index (χ2v) is 5.52. The molecule has 98 valence electrons. The smallest absolute Gasteiger partial charge is 0.196 e. The van der Waals surface area contributed by atoms with Crippen LogP contribution in [0.3, 0.4) is 0 Å². The maximum Gasteiger partial charge on any atom is 0.196 e. The van der Waals surface area contributed by atoms with Crippen LogP contribution in [-0.4, -0.2) is 19.3 Å². The van der Waals surface area contributed by atoms with E-state index in [1.54, 1.807) is 6.21 Å². The molecule has 1 fully saturated rings. The quantitative estimate of drug-likeness (QED) is 0.785. The molecule has 1 aromatic heterocycles. The van der Waals surface area contributed by atoms with Gasteiger partial charge in [-0.05, 0) is 43.2 Å². The third kappa shape index (κ3) is 3.07. The van der Waals surface area contributed by atoms with Gasteiger partial charge in [0.1, 0.15) is 5.76 Å². The van der Waals surface area contributed by atoms with Crippen LogP contribution in [0.4, 0.5) is 11.6 Å². The Balaban J connectivity index is 1.71. The van der Waals surface area contributed by atoms with Crippen molar-refractivity contribution in [3.8, 4) is 0 Å². The lowest BCUT2D eigenvalue weighted by Gasteiger charge is -2.12. The van der Waals surface area contributed by atoms with Crippen molar-refractivity contribution in [3.05, 3.63) is 46.6 Å². The second-order valence-electron chi connectivity index (χ2n) is 4.60. The van der Waals surface area contributed by atoms with Crippen molar-refractivity contribution in [1.82, 2.24) is 0 Å².